The summed E-state index contributed by atoms with van der Waals surface area (Å²) in [6.07, 6.45) is 3.33. The van der Waals surface area contributed by atoms with Gasteiger partial charge in [-0.15, -0.1) is 0 Å². The van der Waals surface area contributed by atoms with E-state index in [0.717, 1.165) is 22.4 Å². The standard InChI is InChI=1S/C29H30N2O5/c1-16-5-9-23-24(11-16)28(34)31(27(23)33)25-10-8-22(13-19(25)4)36-29(35)20-14-26(32)30(15-20)21-7-6-17(2)18(3)12-21/h5-8,10,12-13,20,23-24H,9,11,14-15H2,1-4H3/t20-,23+,24-/m1/s1. The zero-order chi connectivity index (χ0) is 25.7. The van der Waals surface area contributed by atoms with Crippen LogP contribution in [0.2, 0.25) is 0 Å². The number of allylic oxidation sites excluding steroid dienone is 2. The van der Waals surface area contributed by atoms with Crippen molar-refractivity contribution >= 4 is 35.1 Å². The van der Waals surface area contributed by atoms with Gasteiger partial charge in [-0.05, 0) is 87.6 Å². The molecule has 2 fully saturated rings. The molecule has 7 heteroatoms. The SMILES string of the molecule is CC1=CC[C@@H]2C(=O)N(c3ccc(OC(=O)[C@@H]4CC(=O)N(c5ccc(C)c(C)c5)C4)cc3C)C(=O)[C@@H]2C1. The van der Waals surface area contributed by atoms with Crippen LogP contribution in [0.4, 0.5) is 11.4 Å². The van der Waals surface area contributed by atoms with Crippen molar-refractivity contribution in [3.05, 3.63) is 64.7 Å². The second-order valence-electron chi connectivity index (χ2n) is 10.3. The quantitative estimate of drug-likeness (QED) is 0.277. The van der Waals surface area contributed by atoms with Gasteiger partial charge in [0.15, 0.2) is 0 Å². The molecular weight excluding hydrogens is 456 g/mol. The molecule has 3 atom stereocenters. The maximum Gasteiger partial charge on any atom is 0.316 e. The fourth-order valence-corrected chi connectivity index (χ4v) is 5.43. The molecule has 3 aliphatic rings. The zero-order valence-electron chi connectivity index (χ0n) is 21.0. The molecule has 0 radical (unpaired) electrons. The number of esters is 1. The van der Waals surface area contributed by atoms with Crippen LogP contribution in [0.3, 0.4) is 0 Å². The van der Waals surface area contributed by atoms with Gasteiger partial charge < -0.3 is 9.64 Å². The van der Waals surface area contributed by atoms with Gasteiger partial charge in [0.1, 0.15) is 5.75 Å². The van der Waals surface area contributed by atoms with Gasteiger partial charge in [-0.25, -0.2) is 4.90 Å². The molecule has 186 valence electrons. The molecule has 7 nitrogen and oxygen atoms in total. The second kappa shape index (κ2) is 9.04. The van der Waals surface area contributed by atoms with Gasteiger partial charge in [-0.1, -0.05) is 17.7 Å². The summed E-state index contributed by atoms with van der Waals surface area (Å²) in [6.45, 7) is 8.05. The Morgan fingerprint density at radius 1 is 0.861 bits per heavy atom. The van der Waals surface area contributed by atoms with Gasteiger partial charge in [-0.2, -0.15) is 0 Å². The van der Waals surface area contributed by atoms with Crippen molar-refractivity contribution in [1.82, 2.24) is 0 Å². The third-order valence-electron chi connectivity index (χ3n) is 7.71. The van der Waals surface area contributed by atoms with Gasteiger partial charge >= 0.3 is 5.97 Å². The lowest BCUT2D eigenvalue weighted by Gasteiger charge is -2.19. The summed E-state index contributed by atoms with van der Waals surface area (Å²) in [7, 11) is 0. The highest BCUT2D eigenvalue weighted by atomic mass is 16.5. The summed E-state index contributed by atoms with van der Waals surface area (Å²) in [5.74, 6) is -1.77. The minimum atomic E-state index is -0.570. The average molecular weight is 487 g/mol. The largest absolute Gasteiger partial charge is 0.426 e. The third-order valence-corrected chi connectivity index (χ3v) is 7.71. The van der Waals surface area contributed by atoms with E-state index in [9.17, 15) is 19.2 Å². The Morgan fingerprint density at radius 3 is 2.33 bits per heavy atom. The van der Waals surface area contributed by atoms with Crippen LogP contribution in [-0.2, 0) is 19.2 Å². The number of carbonyl (C=O) groups excluding carboxylic acids is 4. The number of carbonyl (C=O) groups is 4. The monoisotopic (exact) mass is 486 g/mol. The second-order valence-corrected chi connectivity index (χ2v) is 10.3. The smallest absolute Gasteiger partial charge is 0.316 e. The highest BCUT2D eigenvalue weighted by Crippen LogP contribution is 2.41. The van der Waals surface area contributed by atoms with Crippen LogP contribution in [0.5, 0.6) is 5.75 Å². The molecule has 5 rings (SSSR count). The first-order valence-corrected chi connectivity index (χ1v) is 12.4. The van der Waals surface area contributed by atoms with E-state index < -0.39 is 11.9 Å². The van der Waals surface area contributed by atoms with E-state index in [0.29, 0.717) is 29.8 Å². The predicted molar refractivity (Wildman–Crippen MR) is 136 cm³/mol. The van der Waals surface area contributed by atoms with Crippen LogP contribution in [-0.4, -0.2) is 30.2 Å². The van der Waals surface area contributed by atoms with Crippen molar-refractivity contribution in [3.8, 4) is 5.75 Å². The number of hydrogen-bond acceptors (Lipinski definition) is 5. The van der Waals surface area contributed by atoms with Crippen molar-refractivity contribution < 1.29 is 23.9 Å². The molecule has 2 aromatic carbocycles. The van der Waals surface area contributed by atoms with Crippen molar-refractivity contribution in [2.24, 2.45) is 17.8 Å². The number of amides is 3. The van der Waals surface area contributed by atoms with Crippen LogP contribution < -0.4 is 14.5 Å². The Bertz CT molecular complexity index is 1330. The number of benzene rings is 2. The number of anilines is 2. The maximum absolute atomic E-state index is 13.1. The number of rotatable bonds is 4. The van der Waals surface area contributed by atoms with Gasteiger partial charge in [-0.3, -0.25) is 19.2 Å². The van der Waals surface area contributed by atoms with E-state index in [-0.39, 0.29) is 42.5 Å². The summed E-state index contributed by atoms with van der Waals surface area (Å²) < 4.78 is 5.62. The van der Waals surface area contributed by atoms with Gasteiger partial charge in [0, 0.05) is 18.7 Å². The molecule has 2 aliphatic heterocycles. The molecule has 0 spiro atoms. The predicted octanol–water partition coefficient (Wildman–Crippen LogP) is 4.42. The molecule has 0 saturated carbocycles. The topological polar surface area (TPSA) is 84.0 Å². The van der Waals surface area contributed by atoms with E-state index in [2.05, 4.69) is 0 Å². The van der Waals surface area contributed by atoms with Crippen molar-refractivity contribution in [1.29, 1.82) is 0 Å². The molecular formula is C29H30N2O5. The Morgan fingerprint density at radius 2 is 1.61 bits per heavy atom. The summed E-state index contributed by atoms with van der Waals surface area (Å²) in [6, 6.07) is 10.7. The number of fused-ring (bicyclic) bond motifs is 1. The first kappa shape index (κ1) is 24.0. The van der Waals surface area contributed by atoms with Gasteiger partial charge in [0.25, 0.3) is 0 Å². The summed E-state index contributed by atoms with van der Waals surface area (Å²) >= 11 is 0. The molecule has 2 aromatic rings. The third kappa shape index (κ3) is 4.12. The minimum Gasteiger partial charge on any atom is -0.426 e. The number of imide groups is 1. The van der Waals surface area contributed by atoms with Gasteiger partial charge in [0.2, 0.25) is 17.7 Å². The molecule has 2 saturated heterocycles. The van der Waals surface area contributed by atoms with E-state index in [1.165, 1.54) is 4.90 Å². The maximum atomic E-state index is 13.1. The highest BCUT2D eigenvalue weighted by Gasteiger charge is 2.49. The van der Waals surface area contributed by atoms with E-state index in [1.54, 1.807) is 30.0 Å². The zero-order valence-corrected chi connectivity index (χ0v) is 21.0. The minimum absolute atomic E-state index is 0.0931. The van der Waals surface area contributed by atoms with Gasteiger partial charge in [0.05, 0.1) is 23.4 Å². The van der Waals surface area contributed by atoms with Crippen molar-refractivity contribution in [2.45, 2.75) is 47.0 Å². The lowest BCUT2D eigenvalue weighted by molar-refractivity contribution is -0.139. The Kier molecular flexibility index (Phi) is 6.02. The number of aryl methyl sites for hydroxylation is 3. The molecule has 0 unspecified atom stereocenters. The lowest BCUT2D eigenvalue weighted by Crippen LogP contribution is -2.31. The van der Waals surface area contributed by atoms with Crippen LogP contribution in [0, 0.1) is 38.5 Å². The molecule has 0 aromatic heterocycles. The van der Waals surface area contributed by atoms with Crippen molar-refractivity contribution in [3.63, 3.8) is 0 Å². The van der Waals surface area contributed by atoms with E-state index in [4.69, 9.17) is 4.74 Å². The summed E-state index contributed by atoms with van der Waals surface area (Å²) in [4.78, 5) is 54.5. The first-order chi connectivity index (χ1) is 17.1. The van der Waals surface area contributed by atoms with E-state index in [1.807, 2.05) is 45.0 Å². The highest BCUT2D eigenvalue weighted by molar-refractivity contribution is 6.22. The number of ether oxygens (including phenoxy) is 1. The lowest BCUT2D eigenvalue weighted by atomic mass is 9.82. The fraction of sp³-hybridized carbons (Fsp3) is 0.379. The van der Waals surface area contributed by atoms with Crippen LogP contribution in [0.1, 0.15) is 42.9 Å². The molecule has 1 aliphatic carbocycles. The number of hydrogen-bond donors (Lipinski definition) is 0. The Balaban J connectivity index is 1.28. The Labute approximate surface area is 210 Å². The normalized spacial score (nSPS) is 23.7. The molecule has 2 heterocycles. The van der Waals surface area contributed by atoms with E-state index >= 15 is 0 Å². The molecule has 36 heavy (non-hydrogen) atoms. The summed E-state index contributed by atoms with van der Waals surface area (Å²) in [5.41, 5.74) is 5.34. The molecule has 0 N–H and O–H groups in total. The Hall–Kier alpha value is -3.74. The number of nitrogens with zero attached hydrogens (tertiary/aromatic N) is 2. The first-order valence-electron chi connectivity index (χ1n) is 12.4. The molecule has 3 amide bonds. The van der Waals surface area contributed by atoms with Crippen LogP contribution in [0.15, 0.2) is 48.0 Å². The van der Waals surface area contributed by atoms with Crippen LogP contribution >= 0.6 is 0 Å². The van der Waals surface area contributed by atoms with Crippen molar-refractivity contribution in [2.75, 3.05) is 16.3 Å². The fourth-order valence-electron chi connectivity index (χ4n) is 5.43. The summed E-state index contributed by atoms with van der Waals surface area (Å²) in [5, 5.41) is 0. The average Bonchev–Trinajstić information content (AvgIpc) is 3.33. The van der Waals surface area contributed by atoms with Crippen LogP contribution in [0.25, 0.3) is 0 Å². The molecule has 0 bridgehead atoms.